The van der Waals surface area contributed by atoms with Crippen LogP contribution in [-0.2, 0) is 33.3 Å². The van der Waals surface area contributed by atoms with Crippen molar-refractivity contribution >= 4 is 41.6 Å². The number of nitrogens with zero attached hydrogens (tertiary/aromatic N) is 2. The van der Waals surface area contributed by atoms with Gasteiger partial charge >= 0.3 is 0 Å². The van der Waals surface area contributed by atoms with Gasteiger partial charge in [0.15, 0.2) is 31.3 Å². The lowest BCUT2D eigenvalue weighted by molar-refractivity contribution is -0.118. The molecule has 3 atom stereocenters. The maximum Gasteiger partial charge on any atom is 0.231 e. The van der Waals surface area contributed by atoms with Crippen LogP contribution in [0.4, 0.5) is 0 Å². The van der Waals surface area contributed by atoms with Crippen molar-refractivity contribution in [2.75, 3.05) is 27.3 Å². The van der Waals surface area contributed by atoms with Crippen molar-refractivity contribution < 1.29 is 42.5 Å². The van der Waals surface area contributed by atoms with Crippen LogP contribution < -0.4 is 23.7 Å². The van der Waals surface area contributed by atoms with Crippen LogP contribution in [0, 0.1) is 5.92 Å². The zero-order chi connectivity index (χ0) is 51.5. The van der Waals surface area contributed by atoms with Gasteiger partial charge in [-0.3, -0.25) is 14.4 Å². The molecule has 2 aromatic heterocycles. The molecule has 2 aliphatic rings. The van der Waals surface area contributed by atoms with Crippen LogP contribution in [0.2, 0.25) is 18.1 Å². The minimum atomic E-state index is -1.93. The van der Waals surface area contributed by atoms with Crippen molar-refractivity contribution in [1.82, 2.24) is 9.97 Å². The fourth-order valence-corrected chi connectivity index (χ4v) is 10.3. The highest BCUT2D eigenvalue weighted by atomic mass is 79.9. The van der Waals surface area contributed by atoms with E-state index >= 15 is 0 Å². The third kappa shape index (κ3) is 14.4. The number of carbonyl (C=O) groups excluding carboxylic acids is 3. The van der Waals surface area contributed by atoms with Gasteiger partial charge in [-0.1, -0.05) is 78.6 Å². The first-order valence-corrected chi connectivity index (χ1v) is 28.8. The van der Waals surface area contributed by atoms with Crippen molar-refractivity contribution in [1.29, 1.82) is 0 Å². The van der Waals surface area contributed by atoms with Gasteiger partial charge in [0.1, 0.15) is 27.6 Å². The molecule has 11 nitrogen and oxygen atoms in total. The molecule has 3 aromatic carbocycles. The summed E-state index contributed by atoms with van der Waals surface area (Å²) in [5.74, 6) is 3.23. The van der Waals surface area contributed by atoms with E-state index in [4.69, 9.17) is 33.1 Å². The number of benzene rings is 3. The van der Waals surface area contributed by atoms with Crippen molar-refractivity contribution in [2.45, 2.75) is 143 Å². The summed E-state index contributed by atoms with van der Waals surface area (Å²) in [4.78, 5) is 48.9. The highest BCUT2D eigenvalue weighted by Crippen LogP contribution is 2.42. The van der Waals surface area contributed by atoms with E-state index in [1.807, 2.05) is 66.7 Å². The molecule has 4 heterocycles. The molecule has 0 spiro atoms. The summed E-state index contributed by atoms with van der Waals surface area (Å²) in [5, 5.41) is 0.114. The Balaban J connectivity index is 0.000000277. The number of ether oxygens (including phenoxy) is 5. The number of aryl methyl sites for hydroxylation is 2. The maximum atomic E-state index is 14.7. The number of Topliss-reactive ketones (excluding diaryl/α,β-unsaturated/α-hetero) is 2. The first-order chi connectivity index (χ1) is 33.8. The monoisotopic (exact) mass is 1050 g/mol. The van der Waals surface area contributed by atoms with Gasteiger partial charge in [-0.2, -0.15) is 0 Å². The highest BCUT2D eigenvalue weighted by molar-refractivity contribution is 9.10. The number of rotatable bonds is 22. The molecule has 71 heavy (non-hydrogen) atoms. The van der Waals surface area contributed by atoms with E-state index in [1.165, 1.54) is 0 Å². The van der Waals surface area contributed by atoms with Crippen LogP contribution in [0.3, 0.4) is 0 Å². The molecule has 0 unspecified atom stereocenters. The number of methoxy groups -OCH3 is 1. The standard InChI is InChI=1S/C38H51NO6Si.C20H22BrNO3/c1-10-11-12-29-14-16-32(33(20-26(3)40)27-13-18-34-35(22-27)44-24-43-34)36(39-29)37(41)31-17-15-30(42-7)21-28(31)19-25(2)23-45-46(8,9)38(4,5)6;1-3-4-5-15-7-8-16(20(21)22-15)17(10-13(2)23)14-6-9-18-19(11-14)25-12-24-18/h13-18,21-22,25,33H,10-12,19-20,23-24H2,1-9H3;6-9,11,17H,3-5,10,12H2,1-2H3/t25-,33-;17-/m00/s1. The quantitative estimate of drug-likeness (QED) is 0.0373. The Morgan fingerprint density at radius 2 is 1.23 bits per heavy atom. The third-order valence-electron chi connectivity index (χ3n) is 13.7. The Hall–Kier alpha value is -5.37. The summed E-state index contributed by atoms with van der Waals surface area (Å²) in [6.07, 6.45) is 7.31. The van der Waals surface area contributed by atoms with Gasteiger partial charge < -0.3 is 28.1 Å². The number of unbranched alkanes of at least 4 members (excludes halogenated alkanes) is 2. The fourth-order valence-electron chi connectivity index (χ4n) is 8.58. The Morgan fingerprint density at radius 1 is 0.704 bits per heavy atom. The van der Waals surface area contributed by atoms with Crippen molar-refractivity contribution in [3.05, 3.63) is 134 Å². The van der Waals surface area contributed by atoms with Crippen molar-refractivity contribution in [2.24, 2.45) is 5.92 Å². The van der Waals surface area contributed by atoms with Crippen molar-refractivity contribution in [3.8, 4) is 28.7 Å². The molecule has 0 bridgehead atoms. The average molecular weight is 1050 g/mol. The Bertz CT molecular complexity index is 2660. The molecule has 0 saturated heterocycles. The number of fused-ring (bicyclic) bond motifs is 2. The summed E-state index contributed by atoms with van der Waals surface area (Å²) >= 11 is 3.61. The van der Waals surface area contributed by atoms with Crippen molar-refractivity contribution in [3.63, 3.8) is 0 Å². The van der Waals surface area contributed by atoms with Gasteiger partial charge in [-0.15, -0.1) is 0 Å². The van der Waals surface area contributed by atoms with Crippen LogP contribution in [0.5, 0.6) is 28.7 Å². The molecule has 13 heteroatoms. The number of carbonyl (C=O) groups is 3. The predicted octanol–water partition coefficient (Wildman–Crippen LogP) is 13.7. The van der Waals surface area contributed by atoms with Gasteiger partial charge in [0.2, 0.25) is 19.4 Å². The zero-order valence-corrected chi connectivity index (χ0v) is 46.3. The molecule has 0 amide bonds. The maximum absolute atomic E-state index is 14.7. The average Bonchev–Trinajstić information content (AvgIpc) is 4.02. The molecular formula is C58H73BrN2O9Si. The predicted molar refractivity (Wildman–Crippen MR) is 285 cm³/mol. The summed E-state index contributed by atoms with van der Waals surface area (Å²) in [5.41, 5.74) is 7.48. The molecule has 0 radical (unpaired) electrons. The first-order valence-electron chi connectivity index (χ1n) is 25.1. The molecule has 0 saturated carbocycles. The molecule has 380 valence electrons. The number of pyridine rings is 2. The minimum Gasteiger partial charge on any atom is -0.497 e. The Labute approximate surface area is 431 Å². The number of ketones is 3. The third-order valence-corrected chi connectivity index (χ3v) is 18.8. The zero-order valence-electron chi connectivity index (χ0n) is 43.7. The molecular weight excluding hydrogens is 977 g/mol. The second kappa shape index (κ2) is 24.8. The van der Waals surface area contributed by atoms with E-state index in [-0.39, 0.29) is 60.1 Å². The molecule has 0 fully saturated rings. The fraction of sp³-hybridized carbons (Fsp3) is 0.466. The summed E-state index contributed by atoms with van der Waals surface area (Å²) in [6, 6.07) is 25.4. The first kappa shape index (κ1) is 55.0. The van der Waals surface area contributed by atoms with Gasteiger partial charge in [-0.05, 0) is 168 Å². The second-order valence-electron chi connectivity index (χ2n) is 20.5. The summed E-state index contributed by atoms with van der Waals surface area (Å²) < 4.78 is 35.0. The van der Waals surface area contributed by atoms with Crippen LogP contribution in [0.15, 0.2) is 83.5 Å². The lowest BCUT2D eigenvalue weighted by Gasteiger charge is -2.37. The van der Waals surface area contributed by atoms with E-state index in [0.717, 1.165) is 93.8 Å². The van der Waals surface area contributed by atoms with E-state index < -0.39 is 8.32 Å². The van der Waals surface area contributed by atoms with E-state index in [0.29, 0.717) is 48.0 Å². The van der Waals surface area contributed by atoms with Crippen LogP contribution in [-0.4, -0.2) is 62.9 Å². The van der Waals surface area contributed by atoms with Gasteiger partial charge in [0.05, 0.1) is 7.11 Å². The van der Waals surface area contributed by atoms with E-state index in [1.54, 1.807) is 21.0 Å². The topological polar surface area (TPSA) is 132 Å². The van der Waals surface area contributed by atoms with E-state index in [9.17, 15) is 14.4 Å². The normalized spacial score (nSPS) is 14.0. The molecule has 2 aliphatic heterocycles. The number of hydrogen-bond acceptors (Lipinski definition) is 11. The summed E-state index contributed by atoms with van der Waals surface area (Å²) in [7, 11) is -0.289. The smallest absolute Gasteiger partial charge is 0.231 e. The van der Waals surface area contributed by atoms with E-state index in [2.05, 4.69) is 87.7 Å². The number of hydrogen-bond donors (Lipinski definition) is 0. The minimum absolute atomic E-state index is 0.0248. The number of aromatic nitrogens is 2. The van der Waals surface area contributed by atoms with Gasteiger partial charge in [0, 0.05) is 48.2 Å². The molecule has 0 aliphatic carbocycles. The number of halogens is 1. The van der Waals surface area contributed by atoms with Gasteiger partial charge in [0.25, 0.3) is 0 Å². The molecule has 0 N–H and O–H groups in total. The Kier molecular flexibility index (Phi) is 19.2. The lowest BCUT2D eigenvalue weighted by atomic mass is 9.83. The van der Waals surface area contributed by atoms with Crippen LogP contribution >= 0.6 is 15.9 Å². The molecule has 7 rings (SSSR count). The Morgan fingerprint density at radius 3 is 1.73 bits per heavy atom. The van der Waals surface area contributed by atoms with Crippen LogP contribution in [0.25, 0.3) is 0 Å². The lowest BCUT2D eigenvalue weighted by Crippen LogP contribution is -2.41. The largest absolute Gasteiger partial charge is 0.497 e. The van der Waals surface area contributed by atoms with Crippen LogP contribution in [0.1, 0.15) is 161 Å². The second-order valence-corrected chi connectivity index (χ2v) is 26.1. The SMILES string of the molecule is CCCCc1ccc([C@@H](CC(C)=O)c2ccc3c(c2)OCO3)c(Br)n1.CCCCc1ccc([C@@H](CC(C)=O)c2ccc3c(c2)OCO3)c(C(=O)c2ccc(OC)cc2C[C@H](C)CO[Si](C)(C)C(C)(C)C)n1. The van der Waals surface area contributed by atoms with Gasteiger partial charge in [-0.25, -0.2) is 9.97 Å². The highest BCUT2D eigenvalue weighted by Gasteiger charge is 2.37. The summed E-state index contributed by atoms with van der Waals surface area (Å²) in [6.45, 7) is 21.9. The molecule has 5 aromatic rings.